The molecule has 6 unspecified atom stereocenters. The van der Waals surface area contributed by atoms with E-state index in [2.05, 4.69) is 107 Å². The van der Waals surface area contributed by atoms with Gasteiger partial charge in [-0.1, -0.05) is 164 Å². The molecule has 346 valence electrons. The standard InChI is InChI=1S/C52H91NO7/c1-16-19-20-21-22-23-24-25-26-30-34-58-45(56)42(36-47(6,7)39(4)41-31-28-27-29-32-41)49(10,11)48(8,9)37-43(46(57)59-35-33-54)50(12,13)60-53-51(14,17-2)38-44(55)40(5)52(53,15)18-3/h27-29,31-32,39-40,42-43,54H,16-26,30,33-38H2,1-15H3. The summed E-state index contributed by atoms with van der Waals surface area (Å²) >= 11 is 0. The summed E-state index contributed by atoms with van der Waals surface area (Å²) in [7, 11) is 0. The Labute approximate surface area is 368 Å². The van der Waals surface area contributed by atoms with Crippen LogP contribution in [-0.4, -0.2) is 64.4 Å². The monoisotopic (exact) mass is 842 g/mol. The topological polar surface area (TPSA) is 102 Å². The number of esters is 2. The van der Waals surface area contributed by atoms with E-state index >= 15 is 0 Å². The fourth-order valence-corrected chi connectivity index (χ4v) is 9.47. The highest BCUT2D eigenvalue weighted by Gasteiger charge is 2.58. The van der Waals surface area contributed by atoms with Crippen molar-refractivity contribution in [1.82, 2.24) is 5.06 Å². The second kappa shape index (κ2) is 23.4. The fourth-order valence-electron chi connectivity index (χ4n) is 9.47. The zero-order valence-electron chi connectivity index (χ0n) is 41.3. The first-order chi connectivity index (χ1) is 27.9. The molecule has 1 fully saturated rings. The number of hydroxylamine groups is 2. The first-order valence-electron chi connectivity index (χ1n) is 23.9. The van der Waals surface area contributed by atoms with Crippen LogP contribution in [0.3, 0.4) is 0 Å². The summed E-state index contributed by atoms with van der Waals surface area (Å²) in [4.78, 5) is 49.5. The normalized spacial score (nSPS) is 22.3. The number of carbonyl (C=O) groups excluding carboxylic acids is 3. The van der Waals surface area contributed by atoms with Gasteiger partial charge in [0.15, 0.2) is 0 Å². The lowest BCUT2D eigenvalue weighted by atomic mass is 9.54. The number of carbonyl (C=O) groups is 3. The molecule has 1 saturated heterocycles. The van der Waals surface area contributed by atoms with Gasteiger partial charge in [-0.2, -0.15) is 5.06 Å². The van der Waals surface area contributed by atoms with Crippen molar-refractivity contribution in [2.24, 2.45) is 34.0 Å². The van der Waals surface area contributed by atoms with Gasteiger partial charge in [0.2, 0.25) is 0 Å². The van der Waals surface area contributed by atoms with Gasteiger partial charge in [0.05, 0.1) is 41.7 Å². The van der Waals surface area contributed by atoms with Crippen molar-refractivity contribution in [2.45, 2.75) is 223 Å². The Morgan fingerprint density at radius 1 is 0.767 bits per heavy atom. The van der Waals surface area contributed by atoms with Crippen LogP contribution in [0.25, 0.3) is 0 Å². The first kappa shape index (κ1) is 53.8. The minimum atomic E-state index is -1.08. The molecule has 1 aromatic rings. The predicted molar refractivity (Wildman–Crippen MR) is 246 cm³/mol. The van der Waals surface area contributed by atoms with Gasteiger partial charge in [0.25, 0.3) is 0 Å². The summed E-state index contributed by atoms with van der Waals surface area (Å²) in [6.45, 7) is 31.8. The van der Waals surface area contributed by atoms with Crippen molar-refractivity contribution in [3.05, 3.63) is 35.9 Å². The average molecular weight is 842 g/mol. The Hall–Kier alpha value is -2.29. The molecule has 2 rings (SSSR count). The van der Waals surface area contributed by atoms with Crippen LogP contribution in [0.5, 0.6) is 0 Å². The van der Waals surface area contributed by atoms with E-state index in [0.29, 0.717) is 38.7 Å². The molecule has 1 N–H and O–H groups in total. The van der Waals surface area contributed by atoms with E-state index in [1.165, 1.54) is 50.5 Å². The van der Waals surface area contributed by atoms with Crippen LogP contribution in [-0.2, 0) is 28.7 Å². The Bertz CT molecular complexity index is 1450. The molecular weight excluding hydrogens is 751 g/mol. The van der Waals surface area contributed by atoms with Crippen LogP contribution in [0, 0.1) is 34.0 Å². The number of aliphatic hydroxyl groups excluding tert-OH is 1. The number of piperidine rings is 1. The Kier molecular flexibility index (Phi) is 21.0. The molecule has 1 aliphatic heterocycles. The molecule has 6 atom stereocenters. The number of ether oxygens (including phenoxy) is 2. The molecule has 0 aliphatic carbocycles. The molecule has 0 radical (unpaired) electrons. The second-order valence-corrected chi connectivity index (χ2v) is 21.4. The number of hydrogen-bond donors (Lipinski definition) is 1. The van der Waals surface area contributed by atoms with E-state index in [1.807, 2.05) is 31.9 Å². The zero-order chi connectivity index (χ0) is 45.6. The lowest BCUT2D eigenvalue weighted by Gasteiger charge is -2.58. The highest BCUT2D eigenvalue weighted by molar-refractivity contribution is 5.84. The lowest BCUT2D eigenvalue weighted by molar-refractivity contribution is -0.348. The van der Waals surface area contributed by atoms with Crippen LogP contribution < -0.4 is 0 Å². The summed E-state index contributed by atoms with van der Waals surface area (Å²) in [5, 5.41) is 11.8. The van der Waals surface area contributed by atoms with Gasteiger partial charge in [0.1, 0.15) is 12.4 Å². The first-order valence-corrected chi connectivity index (χ1v) is 23.9. The van der Waals surface area contributed by atoms with E-state index in [9.17, 15) is 19.5 Å². The molecule has 0 saturated carbocycles. The molecule has 1 aliphatic rings. The highest BCUT2D eigenvalue weighted by atomic mass is 16.7. The fraction of sp³-hybridized carbons (Fsp3) is 0.827. The largest absolute Gasteiger partial charge is 0.465 e. The number of Topliss-reactive ketones (excluding diaryl/α,β-unsaturated/α-hetero) is 1. The van der Waals surface area contributed by atoms with E-state index in [1.54, 1.807) is 0 Å². The quantitative estimate of drug-likeness (QED) is 0.0657. The zero-order valence-corrected chi connectivity index (χ0v) is 41.3. The van der Waals surface area contributed by atoms with E-state index in [4.69, 9.17) is 14.3 Å². The third-order valence-electron chi connectivity index (χ3n) is 15.7. The SMILES string of the molecule is CCCCCCCCCCCCOC(=O)C(CC(C)(C)C(C)c1ccccc1)C(C)(C)C(C)(C)CC(C(=O)OCCO)C(C)(C)ON1C(C)(CC)CC(=O)C(C)C1(C)CC. The van der Waals surface area contributed by atoms with Gasteiger partial charge >= 0.3 is 11.9 Å². The van der Waals surface area contributed by atoms with Crippen molar-refractivity contribution in [1.29, 1.82) is 0 Å². The van der Waals surface area contributed by atoms with Crippen molar-refractivity contribution >= 4 is 17.7 Å². The van der Waals surface area contributed by atoms with Crippen molar-refractivity contribution in [3.8, 4) is 0 Å². The van der Waals surface area contributed by atoms with Crippen molar-refractivity contribution < 1.29 is 33.8 Å². The molecule has 0 spiro atoms. The van der Waals surface area contributed by atoms with Gasteiger partial charge in [-0.05, 0) is 87.5 Å². The van der Waals surface area contributed by atoms with E-state index in [-0.39, 0.29) is 42.2 Å². The number of benzene rings is 1. The Morgan fingerprint density at radius 3 is 1.80 bits per heavy atom. The Balaban J connectivity index is 2.49. The summed E-state index contributed by atoms with van der Waals surface area (Å²) in [6, 6.07) is 10.5. The number of aliphatic hydroxyl groups is 1. The van der Waals surface area contributed by atoms with Crippen molar-refractivity contribution in [2.75, 3.05) is 19.8 Å². The number of ketones is 1. The molecule has 8 nitrogen and oxygen atoms in total. The van der Waals surface area contributed by atoms with Gasteiger partial charge in [-0.15, -0.1) is 0 Å². The third kappa shape index (κ3) is 13.9. The molecule has 0 bridgehead atoms. The molecule has 8 heteroatoms. The number of unbranched alkanes of at least 4 members (excludes halogenated alkanes) is 9. The molecule has 0 aromatic heterocycles. The van der Waals surface area contributed by atoms with Crippen molar-refractivity contribution in [3.63, 3.8) is 0 Å². The molecule has 1 heterocycles. The summed E-state index contributed by atoms with van der Waals surface area (Å²) in [5.74, 6) is -1.75. The van der Waals surface area contributed by atoms with Gasteiger partial charge < -0.3 is 14.6 Å². The van der Waals surface area contributed by atoms with Gasteiger partial charge in [-0.25, -0.2) is 0 Å². The maximum Gasteiger partial charge on any atom is 0.312 e. The van der Waals surface area contributed by atoms with Gasteiger partial charge in [-0.3, -0.25) is 19.2 Å². The minimum Gasteiger partial charge on any atom is -0.465 e. The lowest BCUT2D eigenvalue weighted by Crippen LogP contribution is -2.68. The Morgan fingerprint density at radius 2 is 1.28 bits per heavy atom. The summed E-state index contributed by atoms with van der Waals surface area (Å²) in [5.41, 5.74) is -2.57. The smallest absolute Gasteiger partial charge is 0.312 e. The maximum atomic E-state index is 14.6. The number of rotatable bonds is 28. The number of hydrogen-bond acceptors (Lipinski definition) is 8. The molecule has 60 heavy (non-hydrogen) atoms. The second-order valence-electron chi connectivity index (χ2n) is 21.4. The average Bonchev–Trinajstić information content (AvgIpc) is 3.20. The minimum absolute atomic E-state index is 0.122. The predicted octanol–water partition coefficient (Wildman–Crippen LogP) is 12.8. The molecule has 0 amide bonds. The summed E-state index contributed by atoms with van der Waals surface area (Å²) < 4.78 is 12.0. The highest BCUT2D eigenvalue weighted by Crippen LogP contribution is 2.55. The molecule has 1 aromatic carbocycles. The molecular formula is C52H91NO7. The van der Waals surface area contributed by atoms with Crippen LogP contribution in [0.1, 0.15) is 212 Å². The van der Waals surface area contributed by atoms with Crippen LogP contribution in [0.15, 0.2) is 30.3 Å². The van der Waals surface area contributed by atoms with Crippen LogP contribution in [0.4, 0.5) is 0 Å². The number of nitrogens with zero attached hydrogens (tertiary/aromatic N) is 1. The maximum absolute atomic E-state index is 14.6. The van der Waals surface area contributed by atoms with E-state index < -0.39 is 45.3 Å². The van der Waals surface area contributed by atoms with E-state index in [0.717, 1.165) is 19.3 Å². The van der Waals surface area contributed by atoms with Gasteiger partial charge in [0, 0.05) is 12.3 Å². The van der Waals surface area contributed by atoms with Crippen LogP contribution in [0.2, 0.25) is 0 Å². The van der Waals surface area contributed by atoms with Crippen LogP contribution >= 0.6 is 0 Å². The third-order valence-corrected chi connectivity index (χ3v) is 15.7. The summed E-state index contributed by atoms with van der Waals surface area (Å²) in [6.07, 6.45) is 14.8.